The molecule has 0 aliphatic carbocycles. The van der Waals surface area contributed by atoms with E-state index in [2.05, 4.69) is 15.6 Å². The first kappa shape index (κ1) is 26.5. The summed E-state index contributed by atoms with van der Waals surface area (Å²) >= 11 is 1.52. The van der Waals surface area contributed by atoms with Crippen LogP contribution in [-0.2, 0) is 6.42 Å². The fraction of sp³-hybridized carbons (Fsp3) is 0.414. The van der Waals surface area contributed by atoms with E-state index in [1.807, 2.05) is 42.6 Å². The number of aryl methyl sites for hydroxylation is 1. The minimum atomic E-state index is -0.816. The molecule has 2 aliphatic rings. The molecule has 1 aromatic heterocycles. The Labute approximate surface area is 226 Å². The molecule has 2 aliphatic heterocycles. The molecule has 200 valence electrons. The number of hydrogen-bond acceptors (Lipinski definition) is 6. The average Bonchev–Trinajstić information content (AvgIpc) is 3.69. The van der Waals surface area contributed by atoms with Crippen LogP contribution in [0.5, 0.6) is 0 Å². The fourth-order valence-electron chi connectivity index (χ4n) is 5.46. The smallest absolute Gasteiger partial charge is 0.254 e. The van der Waals surface area contributed by atoms with Gasteiger partial charge in [-0.05, 0) is 69.3 Å². The second kappa shape index (κ2) is 11.7. The van der Waals surface area contributed by atoms with Crippen molar-refractivity contribution in [2.45, 2.75) is 63.3 Å². The molecular weight excluding hydrogens is 503 g/mol. The maximum atomic E-state index is 14.7. The number of amides is 2. The normalized spacial score (nSPS) is 20.9. The van der Waals surface area contributed by atoms with Crippen LogP contribution in [0, 0.1) is 12.7 Å². The van der Waals surface area contributed by atoms with E-state index in [1.165, 1.54) is 23.5 Å². The molecule has 3 heterocycles. The minimum absolute atomic E-state index is 0.0545. The molecule has 0 unspecified atom stereocenters. The van der Waals surface area contributed by atoms with Gasteiger partial charge >= 0.3 is 0 Å². The Morgan fingerprint density at radius 3 is 2.68 bits per heavy atom. The summed E-state index contributed by atoms with van der Waals surface area (Å²) in [5.41, 5.74) is 2.07. The number of nitrogens with zero attached hydrogens (tertiary/aromatic N) is 2. The van der Waals surface area contributed by atoms with E-state index in [0.29, 0.717) is 13.0 Å². The first-order chi connectivity index (χ1) is 18.4. The van der Waals surface area contributed by atoms with Crippen LogP contribution in [0.1, 0.15) is 68.7 Å². The van der Waals surface area contributed by atoms with Crippen molar-refractivity contribution in [2.75, 3.05) is 13.1 Å². The van der Waals surface area contributed by atoms with Crippen molar-refractivity contribution in [2.24, 2.45) is 0 Å². The molecule has 0 spiro atoms. The Balaban J connectivity index is 1.36. The molecule has 4 atom stereocenters. The predicted octanol–water partition coefficient (Wildman–Crippen LogP) is 4.02. The van der Waals surface area contributed by atoms with Crippen molar-refractivity contribution >= 4 is 23.2 Å². The lowest BCUT2D eigenvalue weighted by molar-refractivity contribution is 0.0732. The lowest BCUT2D eigenvalue weighted by Crippen LogP contribution is -2.52. The van der Waals surface area contributed by atoms with Crippen molar-refractivity contribution in [1.82, 2.24) is 20.5 Å². The Morgan fingerprint density at radius 1 is 1.18 bits per heavy atom. The van der Waals surface area contributed by atoms with Gasteiger partial charge in [-0.25, -0.2) is 9.37 Å². The number of aliphatic hydroxyl groups excluding tert-OH is 1. The molecule has 0 radical (unpaired) electrons. The summed E-state index contributed by atoms with van der Waals surface area (Å²) in [5.74, 6) is -1.49. The number of nitrogens with one attached hydrogen (secondary N) is 2. The van der Waals surface area contributed by atoms with E-state index < -0.39 is 23.9 Å². The highest BCUT2D eigenvalue weighted by Gasteiger charge is 2.34. The summed E-state index contributed by atoms with van der Waals surface area (Å²) < 4.78 is 14.7. The van der Waals surface area contributed by atoms with Crippen LogP contribution in [0.15, 0.2) is 53.9 Å². The number of aromatic nitrogens is 1. The molecule has 9 heteroatoms. The molecule has 2 amide bonds. The van der Waals surface area contributed by atoms with Crippen LogP contribution in [0.25, 0.3) is 0 Å². The quantitative estimate of drug-likeness (QED) is 0.404. The van der Waals surface area contributed by atoms with Crippen molar-refractivity contribution < 1.29 is 19.1 Å². The number of benzene rings is 2. The Bertz CT molecular complexity index is 1280. The summed E-state index contributed by atoms with van der Waals surface area (Å²) in [4.78, 5) is 33.1. The van der Waals surface area contributed by atoms with Gasteiger partial charge in [0.2, 0.25) is 0 Å². The van der Waals surface area contributed by atoms with Gasteiger partial charge < -0.3 is 20.6 Å². The Hall–Kier alpha value is -3.14. The van der Waals surface area contributed by atoms with Crippen molar-refractivity contribution in [3.63, 3.8) is 0 Å². The molecule has 7 nitrogen and oxygen atoms in total. The molecule has 0 saturated carbocycles. The lowest BCUT2D eigenvalue weighted by Gasteiger charge is -2.29. The molecule has 3 aromatic rings. The van der Waals surface area contributed by atoms with Crippen molar-refractivity contribution in [3.8, 4) is 0 Å². The second-order valence-electron chi connectivity index (χ2n) is 10.2. The summed E-state index contributed by atoms with van der Waals surface area (Å²) in [6.07, 6.45) is 3.03. The molecule has 3 N–H and O–H groups in total. The number of halogens is 1. The zero-order valence-corrected chi connectivity index (χ0v) is 22.2. The van der Waals surface area contributed by atoms with Crippen LogP contribution in [0.4, 0.5) is 4.39 Å². The highest BCUT2D eigenvalue weighted by Crippen LogP contribution is 2.35. The van der Waals surface area contributed by atoms with Gasteiger partial charge in [0.25, 0.3) is 11.8 Å². The number of carbonyl (C=O) groups is 2. The number of likely N-dealkylation sites (tertiary alicyclic amines) is 1. The molecule has 2 aromatic carbocycles. The zero-order chi connectivity index (χ0) is 26.6. The van der Waals surface area contributed by atoms with Crippen molar-refractivity contribution in [1.29, 1.82) is 0 Å². The van der Waals surface area contributed by atoms with Gasteiger partial charge in [-0.2, -0.15) is 0 Å². The standard InChI is InChI=1S/C29H33FN4O3S/c1-18-17-38-28(32-18)25-10-6-12-34(25)29(37)21-14-20(15-22(30)16-21)27(36)33-24(13-19-7-3-2-4-8-19)26(35)23-9-5-11-31-23/h2-4,7-8,14-17,23-26,31,35H,5-6,9-13H2,1H3,(H,33,36)/t23-,24+,25-,26+/m1/s1. The zero-order valence-electron chi connectivity index (χ0n) is 21.4. The number of hydrogen-bond donors (Lipinski definition) is 3. The molecule has 2 saturated heterocycles. The van der Waals surface area contributed by atoms with E-state index in [-0.39, 0.29) is 29.1 Å². The molecule has 5 rings (SSSR count). The van der Waals surface area contributed by atoms with Crippen molar-refractivity contribution in [3.05, 3.63) is 87.1 Å². The minimum Gasteiger partial charge on any atom is -0.389 e. The fourth-order valence-corrected chi connectivity index (χ4v) is 6.40. The first-order valence-corrected chi connectivity index (χ1v) is 14.1. The number of thiazole rings is 1. The summed E-state index contributed by atoms with van der Waals surface area (Å²) in [6, 6.07) is 12.5. The second-order valence-corrected chi connectivity index (χ2v) is 11.1. The van der Waals surface area contributed by atoms with Gasteiger partial charge in [-0.1, -0.05) is 30.3 Å². The van der Waals surface area contributed by atoms with Gasteiger partial charge in [0.1, 0.15) is 10.8 Å². The summed E-state index contributed by atoms with van der Waals surface area (Å²) in [6.45, 7) is 3.30. The highest BCUT2D eigenvalue weighted by molar-refractivity contribution is 7.09. The molecule has 38 heavy (non-hydrogen) atoms. The topological polar surface area (TPSA) is 94.6 Å². The van der Waals surface area contributed by atoms with Crippen LogP contribution < -0.4 is 10.6 Å². The maximum Gasteiger partial charge on any atom is 0.254 e. The number of carbonyl (C=O) groups excluding carboxylic acids is 2. The molecular formula is C29H33FN4O3S. The van der Waals surface area contributed by atoms with E-state index in [0.717, 1.165) is 54.6 Å². The Kier molecular flexibility index (Phi) is 8.16. The highest BCUT2D eigenvalue weighted by atomic mass is 32.1. The van der Waals surface area contributed by atoms with Gasteiger partial charge in [0.05, 0.1) is 18.2 Å². The van der Waals surface area contributed by atoms with Gasteiger partial charge in [0.15, 0.2) is 0 Å². The van der Waals surface area contributed by atoms with Crippen LogP contribution >= 0.6 is 11.3 Å². The largest absolute Gasteiger partial charge is 0.389 e. The van der Waals surface area contributed by atoms with E-state index in [9.17, 15) is 19.1 Å². The molecule has 0 bridgehead atoms. The summed E-state index contributed by atoms with van der Waals surface area (Å²) in [7, 11) is 0. The SMILES string of the molecule is Cc1csc([C@H]2CCCN2C(=O)c2cc(F)cc(C(=O)N[C@@H](Cc3ccccc3)[C@@H](O)[C@H]3CCCN3)c2)n1. The average molecular weight is 537 g/mol. The summed E-state index contributed by atoms with van der Waals surface area (Å²) in [5, 5.41) is 20.2. The predicted molar refractivity (Wildman–Crippen MR) is 145 cm³/mol. The van der Waals surface area contributed by atoms with E-state index >= 15 is 0 Å². The monoisotopic (exact) mass is 536 g/mol. The maximum absolute atomic E-state index is 14.7. The third-order valence-corrected chi connectivity index (χ3v) is 8.44. The van der Waals surface area contributed by atoms with Crippen LogP contribution in [-0.4, -0.2) is 58.1 Å². The van der Waals surface area contributed by atoms with Gasteiger partial charge in [0, 0.05) is 34.8 Å². The van der Waals surface area contributed by atoms with E-state index in [1.54, 1.807) is 4.90 Å². The van der Waals surface area contributed by atoms with E-state index in [4.69, 9.17) is 0 Å². The Morgan fingerprint density at radius 2 is 1.97 bits per heavy atom. The van der Waals surface area contributed by atoms with Crippen LogP contribution in [0.2, 0.25) is 0 Å². The first-order valence-electron chi connectivity index (χ1n) is 13.2. The van der Waals surface area contributed by atoms with Gasteiger partial charge in [-0.3, -0.25) is 9.59 Å². The number of aliphatic hydroxyl groups is 1. The number of rotatable bonds is 8. The molecule has 2 fully saturated rings. The van der Waals surface area contributed by atoms with Gasteiger partial charge in [-0.15, -0.1) is 11.3 Å². The lowest BCUT2D eigenvalue weighted by atomic mass is 9.95. The van der Waals surface area contributed by atoms with Crippen LogP contribution in [0.3, 0.4) is 0 Å². The third-order valence-electron chi connectivity index (χ3n) is 7.38. The third kappa shape index (κ3) is 5.95.